The lowest BCUT2D eigenvalue weighted by atomic mass is 10.0. The molecule has 0 bridgehead atoms. The Morgan fingerprint density at radius 1 is 1.24 bits per heavy atom. The molecule has 0 N–H and O–H groups in total. The minimum atomic E-state index is -0.00123. The predicted octanol–water partition coefficient (Wildman–Crippen LogP) is 2.93. The molecule has 1 aromatic carbocycles. The van der Waals surface area contributed by atoms with Crippen molar-refractivity contribution >= 4 is 5.78 Å². The summed E-state index contributed by atoms with van der Waals surface area (Å²) >= 11 is 0. The zero-order chi connectivity index (χ0) is 12.4. The van der Waals surface area contributed by atoms with Gasteiger partial charge in [0.2, 0.25) is 0 Å². The van der Waals surface area contributed by atoms with Crippen molar-refractivity contribution in [1.82, 2.24) is 0 Å². The first-order valence-electron chi connectivity index (χ1n) is 6.01. The summed E-state index contributed by atoms with van der Waals surface area (Å²) in [6.45, 7) is 7.16. The van der Waals surface area contributed by atoms with Gasteiger partial charge in [0, 0.05) is 17.4 Å². The maximum atomic E-state index is 11.9. The van der Waals surface area contributed by atoms with Gasteiger partial charge in [0.25, 0.3) is 0 Å². The molecule has 1 aliphatic rings. The third-order valence-electron chi connectivity index (χ3n) is 2.80. The van der Waals surface area contributed by atoms with E-state index in [2.05, 4.69) is 6.92 Å². The Bertz CT molecular complexity index is 423. The minimum Gasteiger partial charge on any atom is -0.489 e. The van der Waals surface area contributed by atoms with E-state index in [1.165, 1.54) is 0 Å². The zero-order valence-electron chi connectivity index (χ0n) is 10.5. The molecule has 2 rings (SSSR count). The Morgan fingerprint density at radius 3 is 2.53 bits per heavy atom. The van der Waals surface area contributed by atoms with Gasteiger partial charge in [-0.25, -0.2) is 0 Å². The Kier molecular flexibility index (Phi) is 3.36. The Balaban J connectivity index is 2.28. The highest BCUT2D eigenvalue weighted by molar-refractivity contribution is 5.98. The van der Waals surface area contributed by atoms with Crippen LogP contribution in [0.3, 0.4) is 0 Å². The van der Waals surface area contributed by atoms with Gasteiger partial charge in [0.15, 0.2) is 17.3 Å². The van der Waals surface area contributed by atoms with Gasteiger partial charge in [-0.15, -0.1) is 0 Å². The smallest absolute Gasteiger partial charge is 0.165 e. The molecule has 0 amide bonds. The fourth-order valence-corrected chi connectivity index (χ4v) is 1.74. The molecule has 0 saturated carbocycles. The van der Waals surface area contributed by atoms with Gasteiger partial charge in [0.05, 0.1) is 13.2 Å². The van der Waals surface area contributed by atoms with Gasteiger partial charge in [-0.2, -0.15) is 0 Å². The second kappa shape index (κ2) is 4.78. The average Bonchev–Trinajstić information content (AvgIpc) is 2.50. The van der Waals surface area contributed by atoms with E-state index < -0.39 is 0 Å². The number of rotatable bonds is 2. The molecule has 17 heavy (non-hydrogen) atoms. The molecular weight excluding hydrogens is 216 g/mol. The van der Waals surface area contributed by atoms with Crippen LogP contribution < -0.4 is 9.47 Å². The van der Waals surface area contributed by atoms with E-state index in [1.807, 2.05) is 19.9 Å². The molecule has 0 aromatic heterocycles. The topological polar surface area (TPSA) is 35.5 Å². The first kappa shape index (κ1) is 12.0. The quantitative estimate of drug-likeness (QED) is 0.738. The molecule has 0 radical (unpaired) electrons. The highest BCUT2D eigenvalue weighted by Crippen LogP contribution is 2.31. The third kappa shape index (κ3) is 2.60. The van der Waals surface area contributed by atoms with Crippen molar-refractivity contribution < 1.29 is 14.3 Å². The summed E-state index contributed by atoms with van der Waals surface area (Å²) < 4.78 is 11.3. The van der Waals surface area contributed by atoms with E-state index in [1.54, 1.807) is 12.1 Å². The van der Waals surface area contributed by atoms with E-state index in [4.69, 9.17) is 9.47 Å². The van der Waals surface area contributed by atoms with Gasteiger partial charge >= 0.3 is 0 Å². The molecule has 92 valence electrons. The van der Waals surface area contributed by atoms with Crippen LogP contribution in [0.5, 0.6) is 11.5 Å². The van der Waals surface area contributed by atoms with Gasteiger partial charge in [-0.1, -0.05) is 20.8 Å². The van der Waals surface area contributed by atoms with E-state index in [0.717, 1.165) is 5.75 Å². The van der Waals surface area contributed by atoms with Crippen LogP contribution in [0.15, 0.2) is 18.2 Å². The maximum absolute atomic E-state index is 11.9. The molecule has 0 saturated heterocycles. The number of carbonyl (C=O) groups excluding carboxylic acids is 1. The maximum Gasteiger partial charge on any atom is 0.165 e. The summed E-state index contributed by atoms with van der Waals surface area (Å²) in [6, 6.07) is 5.42. The van der Waals surface area contributed by atoms with Gasteiger partial charge in [-0.3, -0.25) is 4.79 Å². The van der Waals surface area contributed by atoms with Crippen molar-refractivity contribution in [1.29, 1.82) is 0 Å². The normalized spacial score (nSPS) is 18.9. The number of hydrogen-bond acceptors (Lipinski definition) is 3. The standard InChI is InChI=1S/C14H18O3/c1-9(2)14(15)11-4-5-12-13(6-11)17-8-10(3)7-16-12/h4-6,9-10H,7-8H2,1-3H3. The van der Waals surface area contributed by atoms with Gasteiger partial charge in [0.1, 0.15) is 0 Å². The lowest BCUT2D eigenvalue weighted by molar-refractivity contribution is 0.0939. The second-order valence-electron chi connectivity index (χ2n) is 4.91. The summed E-state index contributed by atoms with van der Waals surface area (Å²) in [7, 11) is 0. The SMILES string of the molecule is CC1COc2ccc(C(=O)C(C)C)cc2OC1. The van der Waals surface area contributed by atoms with E-state index in [0.29, 0.717) is 30.4 Å². The molecule has 3 nitrogen and oxygen atoms in total. The van der Waals surface area contributed by atoms with Crippen molar-refractivity contribution in [3.63, 3.8) is 0 Å². The number of ether oxygens (including phenoxy) is 2. The zero-order valence-corrected chi connectivity index (χ0v) is 10.5. The molecule has 1 aliphatic heterocycles. The van der Waals surface area contributed by atoms with E-state index >= 15 is 0 Å². The fourth-order valence-electron chi connectivity index (χ4n) is 1.74. The van der Waals surface area contributed by atoms with Crippen LogP contribution in [-0.4, -0.2) is 19.0 Å². The first-order chi connectivity index (χ1) is 8.08. The van der Waals surface area contributed by atoms with Crippen LogP contribution in [0, 0.1) is 11.8 Å². The molecule has 1 unspecified atom stereocenters. The number of fused-ring (bicyclic) bond motifs is 1. The summed E-state index contributed by atoms with van der Waals surface area (Å²) in [5.74, 6) is 1.91. The van der Waals surface area contributed by atoms with Crippen molar-refractivity contribution in [2.24, 2.45) is 11.8 Å². The summed E-state index contributed by atoms with van der Waals surface area (Å²) in [5, 5.41) is 0. The summed E-state index contributed by atoms with van der Waals surface area (Å²) in [5.41, 5.74) is 0.692. The number of ketones is 1. The lowest BCUT2D eigenvalue weighted by Crippen LogP contribution is -2.12. The van der Waals surface area contributed by atoms with Crippen LogP contribution in [-0.2, 0) is 0 Å². The van der Waals surface area contributed by atoms with E-state index in [-0.39, 0.29) is 11.7 Å². The molecule has 0 spiro atoms. The average molecular weight is 234 g/mol. The molecular formula is C14H18O3. The number of carbonyl (C=O) groups is 1. The Morgan fingerprint density at radius 2 is 1.88 bits per heavy atom. The number of Topliss-reactive ketones (excluding diaryl/α,β-unsaturated/α-hetero) is 1. The van der Waals surface area contributed by atoms with E-state index in [9.17, 15) is 4.79 Å². The predicted molar refractivity (Wildman–Crippen MR) is 65.8 cm³/mol. The lowest BCUT2D eigenvalue weighted by Gasteiger charge is -2.09. The fraction of sp³-hybridized carbons (Fsp3) is 0.500. The van der Waals surface area contributed by atoms with Gasteiger partial charge in [-0.05, 0) is 18.2 Å². The van der Waals surface area contributed by atoms with Crippen molar-refractivity contribution in [3.05, 3.63) is 23.8 Å². The Hall–Kier alpha value is -1.51. The monoisotopic (exact) mass is 234 g/mol. The Labute approximate surface area is 102 Å². The molecule has 0 aliphatic carbocycles. The first-order valence-corrected chi connectivity index (χ1v) is 6.01. The van der Waals surface area contributed by atoms with Crippen LogP contribution in [0.1, 0.15) is 31.1 Å². The van der Waals surface area contributed by atoms with Crippen LogP contribution in [0.25, 0.3) is 0 Å². The van der Waals surface area contributed by atoms with Gasteiger partial charge < -0.3 is 9.47 Å². The molecule has 1 atom stereocenters. The van der Waals surface area contributed by atoms with Crippen molar-refractivity contribution in [2.75, 3.05) is 13.2 Å². The van der Waals surface area contributed by atoms with Crippen LogP contribution in [0.4, 0.5) is 0 Å². The molecule has 0 fully saturated rings. The summed E-state index contributed by atoms with van der Waals surface area (Å²) in [6.07, 6.45) is 0. The molecule has 1 heterocycles. The minimum absolute atomic E-state index is 0.00123. The second-order valence-corrected chi connectivity index (χ2v) is 4.91. The largest absolute Gasteiger partial charge is 0.489 e. The third-order valence-corrected chi connectivity index (χ3v) is 2.80. The van der Waals surface area contributed by atoms with Crippen LogP contribution in [0.2, 0.25) is 0 Å². The molecule has 1 aromatic rings. The number of hydrogen-bond donors (Lipinski definition) is 0. The highest BCUT2D eigenvalue weighted by atomic mass is 16.5. The highest BCUT2D eigenvalue weighted by Gasteiger charge is 2.18. The molecule has 3 heteroatoms. The number of benzene rings is 1. The summed E-state index contributed by atoms with van der Waals surface area (Å²) in [4.78, 5) is 11.9. The van der Waals surface area contributed by atoms with Crippen LogP contribution >= 0.6 is 0 Å². The van der Waals surface area contributed by atoms with Crippen molar-refractivity contribution in [2.45, 2.75) is 20.8 Å². The van der Waals surface area contributed by atoms with Crippen molar-refractivity contribution in [3.8, 4) is 11.5 Å².